The molecule has 1 amide bonds. The summed E-state index contributed by atoms with van der Waals surface area (Å²) in [6, 6.07) is 0. The highest BCUT2D eigenvalue weighted by Crippen LogP contribution is 2.30. The molecule has 0 aliphatic carbocycles. The van der Waals surface area contributed by atoms with E-state index in [0.717, 1.165) is 77.6 Å². The number of carbonyl (C=O) groups is 1. The van der Waals surface area contributed by atoms with Crippen LogP contribution in [0.2, 0.25) is 0 Å². The van der Waals surface area contributed by atoms with E-state index in [2.05, 4.69) is 16.9 Å². The van der Waals surface area contributed by atoms with Gasteiger partial charge in [0.2, 0.25) is 5.91 Å². The minimum Gasteiger partial charge on any atom is -0.377 e. The van der Waals surface area contributed by atoms with Gasteiger partial charge in [0.1, 0.15) is 0 Å². The van der Waals surface area contributed by atoms with Crippen LogP contribution in [0.5, 0.6) is 0 Å². The maximum Gasteiger partial charge on any atom is 0.233 e. The molecule has 2 atom stereocenters. The van der Waals surface area contributed by atoms with Gasteiger partial charge in [0.15, 0.2) is 9.50 Å². The number of aromatic nitrogens is 3. The van der Waals surface area contributed by atoms with Gasteiger partial charge in [-0.05, 0) is 45.1 Å². The number of hydrogen-bond acceptors (Lipinski definition) is 8. The SMILES string of the molecule is Cc1csc(SCC(=O)N2CCC[C@H](c3nc(SC[C@@H]4CCCO4)ncc3C)C2)n1. The third kappa shape index (κ3) is 5.75. The van der Waals surface area contributed by atoms with Gasteiger partial charge in [0, 0.05) is 48.6 Å². The first-order valence-corrected chi connectivity index (χ1v) is 13.3. The summed E-state index contributed by atoms with van der Waals surface area (Å²) in [5.74, 6) is 1.83. The summed E-state index contributed by atoms with van der Waals surface area (Å²) in [5, 5.41) is 2.85. The zero-order valence-electron chi connectivity index (χ0n) is 17.5. The maximum atomic E-state index is 12.8. The first-order valence-electron chi connectivity index (χ1n) is 10.5. The average Bonchev–Trinajstić information content (AvgIpc) is 3.43. The highest BCUT2D eigenvalue weighted by Gasteiger charge is 2.27. The third-order valence-corrected chi connectivity index (χ3v) is 8.61. The Morgan fingerprint density at radius 2 is 2.17 bits per heavy atom. The van der Waals surface area contributed by atoms with Gasteiger partial charge >= 0.3 is 0 Å². The van der Waals surface area contributed by atoms with Crippen LogP contribution in [0.15, 0.2) is 21.1 Å². The first kappa shape index (κ1) is 22.0. The van der Waals surface area contributed by atoms with Crippen LogP contribution < -0.4 is 0 Å². The van der Waals surface area contributed by atoms with Gasteiger partial charge in [0.05, 0.1) is 17.6 Å². The number of hydrogen-bond donors (Lipinski definition) is 0. The summed E-state index contributed by atoms with van der Waals surface area (Å²) < 4.78 is 6.68. The predicted molar refractivity (Wildman–Crippen MR) is 123 cm³/mol. The Balaban J connectivity index is 1.35. The molecule has 4 heterocycles. The Morgan fingerprint density at radius 3 is 2.93 bits per heavy atom. The number of ether oxygens (including phenoxy) is 1. The Kier molecular flexibility index (Phi) is 7.67. The second kappa shape index (κ2) is 10.4. The largest absolute Gasteiger partial charge is 0.377 e. The summed E-state index contributed by atoms with van der Waals surface area (Å²) in [5.41, 5.74) is 3.23. The highest BCUT2D eigenvalue weighted by atomic mass is 32.2. The van der Waals surface area contributed by atoms with E-state index in [1.807, 2.05) is 23.4 Å². The van der Waals surface area contributed by atoms with Gasteiger partial charge in [-0.25, -0.2) is 15.0 Å². The second-order valence-electron chi connectivity index (χ2n) is 7.89. The molecule has 2 fully saturated rings. The molecule has 0 aromatic carbocycles. The van der Waals surface area contributed by atoms with E-state index in [1.54, 1.807) is 23.1 Å². The van der Waals surface area contributed by atoms with Crippen LogP contribution in [0.1, 0.15) is 48.6 Å². The smallest absolute Gasteiger partial charge is 0.233 e. The fraction of sp³-hybridized carbons (Fsp3) is 0.619. The molecule has 30 heavy (non-hydrogen) atoms. The molecule has 0 radical (unpaired) electrons. The molecule has 4 rings (SSSR count). The van der Waals surface area contributed by atoms with Crippen LogP contribution in [0, 0.1) is 13.8 Å². The van der Waals surface area contributed by atoms with Crippen molar-refractivity contribution in [2.75, 3.05) is 31.2 Å². The Hall–Kier alpha value is -1.16. The summed E-state index contributed by atoms with van der Waals surface area (Å²) in [4.78, 5) is 28.6. The number of amides is 1. The minimum absolute atomic E-state index is 0.192. The topological polar surface area (TPSA) is 68.2 Å². The second-order valence-corrected chi connectivity index (χ2v) is 11.0. The van der Waals surface area contributed by atoms with Gasteiger partial charge in [-0.15, -0.1) is 11.3 Å². The van der Waals surface area contributed by atoms with Crippen molar-refractivity contribution in [1.82, 2.24) is 19.9 Å². The van der Waals surface area contributed by atoms with Crippen molar-refractivity contribution in [3.05, 3.63) is 28.5 Å². The van der Waals surface area contributed by atoms with Crippen molar-refractivity contribution < 1.29 is 9.53 Å². The fourth-order valence-electron chi connectivity index (χ4n) is 3.90. The van der Waals surface area contributed by atoms with E-state index in [1.165, 1.54) is 11.8 Å². The molecule has 6 nitrogen and oxygen atoms in total. The monoisotopic (exact) mass is 464 g/mol. The average molecular weight is 465 g/mol. The standard InChI is InChI=1S/C21H28N4O2S3/c1-14-9-22-20(28-12-17-6-4-8-27-17)24-19(14)16-5-3-7-25(10-16)18(26)13-30-21-23-15(2)11-29-21/h9,11,16-17H,3-8,10,12-13H2,1-2H3/t16-,17-/m0/s1. The molecule has 2 aromatic rings. The van der Waals surface area contributed by atoms with Crippen molar-refractivity contribution >= 4 is 40.8 Å². The summed E-state index contributed by atoms with van der Waals surface area (Å²) >= 11 is 4.83. The molecular weight excluding hydrogens is 436 g/mol. The minimum atomic E-state index is 0.192. The van der Waals surface area contributed by atoms with Crippen LogP contribution in [0.3, 0.4) is 0 Å². The van der Waals surface area contributed by atoms with Gasteiger partial charge in [0.25, 0.3) is 0 Å². The molecule has 2 aliphatic heterocycles. The molecular formula is C21H28N4O2S3. The van der Waals surface area contributed by atoms with Crippen LogP contribution in [0.25, 0.3) is 0 Å². The number of aryl methyl sites for hydroxylation is 2. The Morgan fingerprint density at radius 1 is 1.27 bits per heavy atom. The molecule has 162 valence electrons. The maximum absolute atomic E-state index is 12.8. The predicted octanol–water partition coefficient (Wildman–Crippen LogP) is 4.32. The van der Waals surface area contributed by atoms with Gasteiger partial charge in [-0.1, -0.05) is 23.5 Å². The van der Waals surface area contributed by atoms with Crippen molar-refractivity contribution in [3.8, 4) is 0 Å². The Bertz CT molecular complexity index is 870. The summed E-state index contributed by atoms with van der Waals surface area (Å²) in [6.45, 7) is 6.50. The fourth-order valence-corrected chi connectivity index (χ4v) is 6.54. The van der Waals surface area contributed by atoms with Crippen molar-refractivity contribution in [2.45, 2.75) is 61.0 Å². The zero-order chi connectivity index (χ0) is 20.9. The van der Waals surface area contributed by atoms with Crippen LogP contribution >= 0.6 is 34.9 Å². The molecule has 2 aliphatic rings. The number of thioether (sulfide) groups is 2. The van der Waals surface area contributed by atoms with Crippen LogP contribution in [0.4, 0.5) is 0 Å². The number of nitrogens with zero attached hydrogens (tertiary/aromatic N) is 4. The lowest BCUT2D eigenvalue weighted by atomic mass is 9.92. The summed E-state index contributed by atoms with van der Waals surface area (Å²) in [6.07, 6.45) is 6.61. The third-order valence-electron chi connectivity index (χ3n) is 5.49. The van der Waals surface area contributed by atoms with Crippen molar-refractivity contribution in [2.24, 2.45) is 0 Å². The number of thiazole rings is 1. The van der Waals surface area contributed by atoms with E-state index in [0.29, 0.717) is 11.9 Å². The van der Waals surface area contributed by atoms with E-state index in [9.17, 15) is 4.79 Å². The molecule has 0 bridgehead atoms. The number of likely N-dealkylation sites (tertiary alicyclic amines) is 1. The molecule has 0 spiro atoms. The zero-order valence-corrected chi connectivity index (χ0v) is 20.0. The number of rotatable bonds is 7. The van der Waals surface area contributed by atoms with E-state index in [-0.39, 0.29) is 11.8 Å². The molecule has 0 saturated carbocycles. The van der Waals surface area contributed by atoms with Crippen LogP contribution in [-0.4, -0.2) is 63.1 Å². The first-order chi connectivity index (χ1) is 14.6. The van der Waals surface area contributed by atoms with E-state index in [4.69, 9.17) is 9.72 Å². The molecule has 0 unspecified atom stereocenters. The number of piperidine rings is 1. The highest BCUT2D eigenvalue weighted by molar-refractivity contribution is 8.01. The quantitative estimate of drug-likeness (QED) is 0.446. The Labute approximate surface area is 190 Å². The number of carbonyl (C=O) groups excluding carboxylic acids is 1. The van der Waals surface area contributed by atoms with Crippen molar-refractivity contribution in [3.63, 3.8) is 0 Å². The lowest BCUT2D eigenvalue weighted by molar-refractivity contribution is -0.129. The van der Waals surface area contributed by atoms with E-state index >= 15 is 0 Å². The van der Waals surface area contributed by atoms with E-state index < -0.39 is 0 Å². The molecule has 0 N–H and O–H groups in total. The van der Waals surface area contributed by atoms with Crippen molar-refractivity contribution in [1.29, 1.82) is 0 Å². The molecule has 9 heteroatoms. The van der Waals surface area contributed by atoms with Gasteiger partial charge in [-0.3, -0.25) is 4.79 Å². The summed E-state index contributed by atoms with van der Waals surface area (Å²) in [7, 11) is 0. The van der Waals surface area contributed by atoms with Crippen LogP contribution in [-0.2, 0) is 9.53 Å². The van der Waals surface area contributed by atoms with Gasteiger partial charge in [-0.2, -0.15) is 0 Å². The van der Waals surface area contributed by atoms with Gasteiger partial charge < -0.3 is 9.64 Å². The molecule has 2 aromatic heterocycles. The molecule has 2 saturated heterocycles. The normalized spacial score (nSPS) is 21.9. The lowest BCUT2D eigenvalue weighted by Gasteiger charge is -2.33. The lowest BCUT2D eigenvalue weighted by Crippen LogP contribution is -2.40.